The molecule has 3 rings (SSSR count). The highest BCUT2D eigenvalue weighted by Gasteiger charge is 2.30. The fraction of sp³-hybridized carbons (Fsp3) is 0.667. The maximum absolute atomic E-state index is 12.9. The molecule has 0 atom stereocenters. The van der Waals surface area contributed by atoms with Crippen LogP contribution in [0.5, 0.6) is 5.75 Å². The van der Waals surface area contributed by atoms with E-state index in [9.17, 15) is 8.42 Å². The monoisotopic (exact) mass is 386 g/mol. The standard InChI is InChI=1S/C18H27ClN2O3S/c1-24-18-6-5-16(13-17(18)19)25(22,23)21-11-7-15(8-12-21)14-20-9-3-2-4-10-20/h5-6,13,15H,2-4,7-12,14H2,1H3. The van der Waals surface area contributed by atoms with Crippen molar-refractivity contribution >= 4 is 21.6 Å². The number of sulfonamides is 1. The summed E-state index contributed by atoms with van der Waals surface area (Å²) in [7, 11) is -1.97. The lowest BCUT2D eigenvalue weighted by atomic mass is 9.96. The number of likely N-dealkylation sites (tertiary alicyclic amines) is 1. The second kappa shape index (κ2) is 8.25. The molecule has 0 N–H and O–H groups in total. The fourth-order valence-electron chi connectivity index (χ4n) is 3.80. The van der Waals surface area contributed by atoms with Crippen LogP contribution in [0.3, 0.4) is 0 Å². The fourth-order valence-corrected chi connectivity index (χ4v) is 5.61. The molecular weight excluding hydrogens is 360 g/mol. The van der Waals surface area contributed by atoms with Crippen molar-refractivity contribution in [3.63, 3.8) is 0 Å². The molecule has 1 aromatic rings. The van der Waals surface area contributed by atoms with Crippen molar-refractivity contribution in [1.82, 2.24) is 9.21 Å². The first-order valence-electron chi connectivity index (χ1n) is 9.07. The van der Waals surface area contributed by atoms with Crippen molar-refractivity contribution in [2.24, 2.45) is 5.92 Å². The molecule has 0 radical (unpaired) electrons. The summed E-state index contributed by atoms with van der Waals surface area (Å²) in [5.74, 6) is 1.09. The number of nitrogens with zero attached hydrogens (tertiary/aromatic N) is 2. The Balaban J connectivity index is 1.60. The molecule has 0 spiro atoms. The van der Waals surface area contributed by atoms with Crippen molar-refractivity contribution in [2.45, 2.75) is 37.0 Å². The van der Waals surface area contributed by atoms with Crippen molar-refractivity contribution < 1.29 is 13.2 Å². The summed E-state index contributed by atoms with van der Waals surface area (Å²) in [6.45, 7) is 4.68. The number of methoxy groups -OCH3 is 1. The van der Waals surface area contributed by atoms with Gasteiger partial charge in [-0.1, -0.05) is 18.0 Å². The van der Waals surface area contributed by atoms with Crippen LogP contribution in [0.15, 0.2) is 23.1 Å². The highest BCUT2D eigenvalue weighted by Crippen LogP contribution is 2.30. The van der Waals surface area contributed by atoms with Gasteiger partial charge in [-0.05, 0) is 62.9 Å². The van der Waals surface area contributed by atoms with Crippen molar-refractivity contribution in [3.05, 3.63) is 23.2 Å². The summed E-state index contributed by atoms with van der Waals surface area (Å²) in [4.78, 5) is 2.79. The van der Waals surface area contributed by atoms with Gasteiger partial charge in [-0.2, -0.15) is 4.31 Å². The minimum absolute atomic E-state index is 0.243. The normalized spacial score (nSPS) is 21.4. The van der Waals surface area contributed by atoms with E-state index in [1.165, 1.54) is 45.5 Å². The van der Waals surface area contributed by atoms with E-state index < -0.39 is 10.0 Å². The molecule has 1 aromatic carbocycles. The number of benzene rings is 1. The maximum Gasteiger partial charge on any atom is 0.243 e. The third-order valence-corrected chi connectivity index (χ3v) is 7.49. The van der Waals surface area contributed by atoms with Gasteiger partial charge in [-0.25, -0.2) is 8.42 Å². The Hall–Kier alpha value is -0.820. The second-order valence-electron chi connectivity index (χ2n) is 7.01. The lowest BCUT2D eigenvalue weighted by molar-refractivity contribution is 0.161. The van der Waals surface area contributed by atoms with E-state index in [1.54, 1.807) is 16.4 Å². The molecule has 0 bridgehead atoms. The number of rotatable bonds is 5. The summed E-state index contributed by atoms with van der Waals surface area (Å²) in [5.41, 5.74) is 0. The third-order valence-electron chi connectivity index (χ3n) is 5.30. The molecule has 0 unspecified atom stereocenters. The largest absolute Gasteiger partial charge is 0.495 e. The number of piperidine rings is 2. The van der Waals surface area contributed by atoms with Crippen LogP contribution in [-0.2, 0) is 10.0 Å². The van der Waals surface area contributed by atoms with Gasteiger partial charge in [0.25, 0.3) is 0 Å². The van der Waals surface area contributed by atoms with Crippen LogP contribution in [0.1, 0.15) is 32.1 Å². The van der Waals surface area contributed by atoms with E-state index in [0.717, 1.165) is 19.4 Å². The lowest BCUT2D eigenvalue weighted by Crippen LogP contribution is -2.42. The van der Waals surface area contributed by atoms with Crippen LogP contribution in [0, 0.1) is 5.92 Å². The summed E-state index contributed by atoms with van der Waals surface area (Å²) in [6, 6.07) is 4.66. The zero-order chi connectivity index (χ0) is 17.9. The average Bonchev–Trinajstić information content (AvgIpc) is 2.63. The Bertz CT molecular complexity index is 682. The van der Waals surface area contributed by atoms with Gasteiger partial charge >= 0.3 is 0 Å². The first-order chi connectivity index (χ1) is 12.0. The van der Waals surface area contributed by atoms with Crippen molar-refractivity contribution in [3.8, 4) is 5.75 Å². The highest BCUT2D eigenvalue weighted by atomic mass is 35.5. The molecule has 2 saturated heterocycles. The van der Waals surface area contributed by atoms with Gasteiger partial charge in [0.1, 0.15) is 5.75 Å². The number of hydrogen-bond donors (Lipinski definition) is 0. The highest BCUT2D eigenvalue weighted by molar-refractivity contribution is 7.89. The Morgan fingerprint density at radius 3 is 2.40 bits per heavy atom. The van der Waals surface area contributed by atoms with Crippen molar-refractivity contribution in [2.75, 3.05) is 39.8 Å². The second-order valence-corrected chi connectivity index (χ2v) is 9.35. The van der Waals surface area contributed by atoms with Crippen LogP contribution in [0.2, 0.25) is 5.02 Å². The molecule has 2 aliphatic rings. The van der Waals surface area contributed by atoms with Crippen LogP contribution in [0.25, 0.3) is 0 Å². The van der Waals surface area contributed by atoms with E-state index in [2.05, 4.69) is 4.90 Å². The maximum atomic E-state index is 12.9. The van der Waals surface area contributed by atoms with Crippen LogP contribution < -0.4 is 4.74 Å². The first kappa shape index (κ1) is 19.0. The summed E-state index contributed by atoms with van der Waals surface area (Å²) >= 11 is 6.09. The number of halogens is 1. The molecular formula is C18H27ClN2O3S. The van der Waals surface area contributed by atoms with Gasteiger partial charge in [0.05, 0.1) is 17.0 Å². The Labute approximate surface area is 155 Å². The quantitative estimate of drug-likeness (QED) is 0.779. The zero-order valence-electron chi connectivity index (χ0n) is 14.8. The first-order valence-corrected chi connectivity index (χ1v) is 10.9. The number of hydrogen-bond acceptors (Lipinski definition) is 4. The van der Waals surface area contributed by atoms with E-state index in [1.807, 2.05) is 0 Å². The minimum atomic E-state index is -3.49. The Morgan fingerprint density at radius 1 is 1.12 bits per heavy atom. The van der Waals surface area contributed by atoms with Gasteiger partial charge in [0.2, 0.25) is 10.0 Å². The molecule has 25 heavy (non-hydrogen) atoms. The molecule has 2 fully saturated rings. The number of ether oxygens (including phenoxy) is 1. The molecule has 0 aliphatic carbocycles. The summed E-state index contributed by atoms with van der Waals surface area (Å²) < 4.78 is 32.4. The molecule has 5 nitrogen and oxygen atoms in total. The molecule has 0 amide bonds. The lowest BCUT2D eigenvalue weighted by Gasteiger charge is -2.35. The predicted octanol–water partition coefficient (Wildman–Crippen LogP) is 3.24. The molecule has 7 heteroatoms. The van der Waals surface area contributed by atoms with Crippen LogP contribution in [-0.4, -0.2) is 57.5 Å². The smallest absolute Gasteiger partial charge is 0.243 e. The predicted molar refractivity (Wildman–Crippen MR) is 99.8 cm³/mol. The van der Waals surface area contributed by atoms with Crippen molar-refractivity contribution in [1.29, 1.82) is 0 Å². The van der Waals surface area contributed by atoms with Gasteiger partial charge in [0, 0.05) is 19.6 Å². The molecule has 0 saturated carbocycles. The van der Waals surface area contributed by atoms with E-state index in [-0.39, 0.29) is 4.90 Å². The van der Waals surface area contributed by atoms with E-state index in [4.69, 9.17) is 16.3 Å². The van der Waals surface area contributed by atoms with Crippen LogP contribution in [0.4, 0.5) is 0 Å². The topological polar surface area (TPSA) is 49.9 Å². The Kier molecular flexibility index (Phi) is 6.25. The van der Waals surface area contributed by atoms with Gasteiger partial charge in [-0.15, -0.1) is 0 Å². The zero-order valence-corrected chi connectivity index (χ0v) is 16.4. The van der Waals surface area contributed by atoms with Gasteiger partial charge in [0.15, 0.2) is 0 Å². The van der Waals surface area contributed by atoms with E-state index in [0.29, 0.717) is 29.8 Å². The van der Waals surface area contributed by atoms with Gasteiger partial charge < -0.3 is 9.64 Å². The summed E-state index contributed by atoms with van der Waals surface area (Å²) in [6.07, 6.45) is 5.80. The summed E-state index contributed by atoms with van der Waals surface area (Å²) in [5, 5.41) is 0.323. The SMILES string of the molecule is COc1ccc(S(=O)(=O)N2CCC(CN3CCCCC3)CC2)cc1Cl. The molecule has 2 heterocycles. The average molecular weight is 387 g/mol. The molecule has 0 aromatic heterocycles. The van der Waals surface area contributed by atoms with Crippen LogP contribution >= 0.6 is 11.6 Å². The van der Waals surface area contributed by atoms with Gasteiger partial charge in [-0.3, -0.25) is 0 Å². The molecule has 2 aliphatic heterocycles. The Morgan fingerprint density at radius 2 is 1.80 bits per heavy atom. The minimum Gasteiger partial charge on any atom is -0.495 e. The van der Waals surface area contributed by atoms with E-state index >= 15 is 0 Å². The molecule has 140 valence electrons. The third kappa shape index (κ3) is 4.48.